The van der Waals surface area contributed by atoms with Gasteiger partial charge in [0.1, 0.15) is 5.75 Å². The van der Waals surface area contributed by atoms with Gasteiger partial charge in [-0.25, -0.2) is 0 Å². The van der Waals surface area contributed by atoms with Crippen LogP contribution < -0.4 is 4.74 Å². The van der Waals surface area contributed by atoms with E-state index >= 15 is 0 Å². The SMILES string of the molecule is CCN1CCCc2cc(OC)ccc2C1=O. The molecule has 0 bridgehead atoms. The lowest BCUT2D eigenvalue weighted by Gasteiger charge is -2.18. The van der Waals surface area contributed by atoms with E-state index in [4.69, 9.17) is 4.74 Å². The van der Waals surface area contributed by atoms with Crippen LogP contribution in [0.25, 0.3) is 0 Å². The topological polar surface area (TPSA) is 29.5 Å². The molecule has 2 rings (SSSR count). The standard InChI is InChI=1S/C13H17NO2/c1-3-14-8-4-5-10-9-11(16-2)6-7-12(10)13(14)15/h6-7,9H,3-5,8H2,1-2H3. The number of hydrogen-bond acceptors (Lipinski definition) is 2. The number of benzene rings is 1. The fraction of sp³-hybridized carbons (Fsp3) is 0.462. The minimum atomic E-state index is 0.151. The Bertz CT molecular complexity index is 401. The number of fused-ring (bicyclic) bond motifs is 1. The molecule has 0 radical (unpaired) electrons. The highest BCUT2D eigenvalue weighted by atomic mass is 16.5. The maximum atomic E-state index is 12.2. The highest BCUT2D eigenvalue weighted by Crippen LogP contribution is 2.23. The van der Waals surface area contributed by atoms with Gasteiger partial charge in [-0.15, -0.1) is 0 Å². The first-order chi connectivity index (χ1) is 7.76. The van der Waals surface area contributed by atoms with Gasteiger partial charge in [0, 0.05) is 18.7 Å². The van der Waals surface area contributed by atoms with Crippen molar-refractivity contribution in [3.63, 3.8) is 0 Å². The van der Waals surface area contributed by atoms with Crippen molar-refractivity contribution < 1.29 is 9.53 Å². The third-order valence-corrected chi connectivity index (χ3v) is 3.09. The lowest BCUT2D eigenvalue weighted by Crippen LogP contribution is -2.30. The molecule has 1 aromatic carbocycles. The number of rotatable bonds is 2. The van der Waals surface area contributed by atoms with Gasteiger partial charge in [-0.05, 0) is 43.5 Å². The summed E-state index contributed by atoms with van der Waals surface area (Å²) in [6.07, 6.45) is 1.98. The van der Waals surface area contributed by atoms with E-state index in [0.717, 1.165) is 42.8 Å². The molecule has 3 nitrogen and oxygen atoms in total. The largest absolute Gasteiger partial charge is 0.497 e. The van der Waals surface area contributed by atoms with Crippen molar-refractivity contribution >= 4 is 5.91 Å². The Hall–Kier alpha value is -1.51. The monoisotopic (exact) mass is 219 g/mol. The summed E-state index contributed by atoms with van der Waals surface area (Å²) in [6.45, 7) is 3.66. The molecular weight excluding hydrogens is 202 g/mol. The highest BCUT2D eigenvalue weighted by molar-refractivity contribution is 5.96. The number of hydrogen-bond donors (Lipinski definition) is 0. The summed E-state index contributed by atoms with van der Waals surface area (Å²) in [5.74, 6) is 0.981. The molecule has 1 heterocycles. The Morgan fingerprint density at radius 3 is 2.94 bits per heavy atom. The van der Waals surface area contributed by atoms with Gasteiger partial charge in [0.25, 0.3) is 5.91 Å². The molecule has 1 amide bonds. The van der Waals surface area contributed by atoms with E-state index in [1.807, 2.05) is 30.0 Å². The summed E-state index contributed by atoms with van der Waals surface area (Å²) in [4.78, 5) is 14.1. The maximum Gasteiger partial charge on any atom is 0.254 e. The third kappa shape index (κ3) is 1.90. The number of methoxy groups -OCH3 is 1. The minimum absolute atomic E-state index is 0.151. The molecule has 0 fully saturated rings. The van der Waals surface area contributed by atoms with Gasteiger partial charge in [-0.2, -0.15) is 0 Å². The second-order valence-electron chi connectivity index (χ2n) is 4.01. The van der Waals surface area contributed by atoms with Crippen molar-refractivity contribution in [1.82, 2.24) is 4.90 Å². The Balaban J connectivity index is 2.39. The lowest BCUT2D eigenvalue weighted by molar-refractivity contribution is 0.0770. The molecule has 0 saturated carbocycles. The van der Waals surface area contributed by atoms with Crippen LogP contribution in [0.15, 0.2) is 18.2 Å². The average molecular weight is 219 g/mol. The van der Waals surface area contributed by atoms with E-state index in [2.05, 4.69) is 0 Å². The number of carbonyl (C=O) groups is 1. The van der Waals surface area contributed by atoms with Crippen molar-refractivity contribution in [3.8, 4) is 5.75 Å². The van der Waals surface area contributed by atoms with E-state index in [0.29, 0.717) is 0 Å². The molecule has 0 atom stereocenters. The number of nitrogens with zero attached hydrogens (tertiary/aromatic N) is 1. The van der Waals surface area contributed by atoms with E-state index in [1.165, 1.54) is 0 Å². The predicted octanol–water partition coefficient (Wildman–Crippen LogP) is 2.10. The van der Waals surface area contributed by atoms with Gasteiger partial charge in [-0.1, -0.05) is 0 Å². The Labute approximate surface area is 96.0 Å². The van der Waals surface area contributed by atoms with Gasteiger partial charge in [0.15, 0.2) is 0 Å². The van der Waals surface area contributed by atoms with Crippen LogP contribution in [-0.2, 0) is 6.42 Å². The second-order valence-corrected chi connectivity index (χ2v) is 4.01. The van der Waals surface area contributed by atoms with Crippen LogP contribution >= 0.6 is 0 Å². The normalized spacial score (nSPS) is 15.6. The first-order valence-corrected chi connectivity index (χ1v) is 5.72. The molecule has 1 aliphatic rings. The summed E-state index contributed by atoms with van der Waals surface area (Å²) in [7, 11) is 1.65. The van der Waals surface area contributed by atoms with Crippen molar-refractivity contribution in [2.24, 2.45) is 0 Å². The number of amides is 1. The molecule has 1 aromatic rings. The van der Waals surface area contributed by atoms with E-state index in [9.17, 15) is 4.79 Å². The molecule has 1 aliphatic heterocycles. The minimum Gasteiger partial charge on any atom is -0.497 e. The molecule has 0 N–H and O–H groups in total. The van der Waals surface area contributed by atoms with Crippen LogP contribution in [0.1, 0.15) is 29.3 Å². The van der Waals surface area contributed by atoms with Crippen LogP contribution in [0.3, 0.4) is 0 Å². The summed E-state index contributed by atoms with van der Waals surface area (Å²) < 4.78 is 5.18. The maximum absolute atomic E-state index is 12.2. The summed E-state index contributed by atoms with van der Waals surface area (Å²) in [6, 6.07) is 5.72. The Morgan fingerprint density at radius 2 is 2.25 bits per heavy atom. The summed E-state index contributed by atoms with van der Waals surface area (Å²) in [5.41, 5.74) is 1.94. The summed E-state index contributed by atoms with van der Waals surface area (Å²) in [5, 5.41) is 0. The molecule has 0 aromatic heterocycles. The second kappa shape index (κ2) is 4.56. The van der Waals surface area contributed by atoms with Crippen molar-refractivity contribution in [2.75, 3.05) is 20.2 Å². The molecule has 16 heavy (non-hydrogen) atoms. The van der Waals surface area contributed by atoms with Gasteiger partial charge in [-0.3, -0.25) is 4.79 Å². The zero-order valence-corrected chi connectivity index (χ0v) is 9.82. The zero-order valence-electron chi connectivity index (χ0n) is 9.82. The van der Waals surface area contributed by atoms with E-state index in [-0.39, 0.29) is 5.91 Å². The van der Waals surface area contributed by atoms with Crippen LogP contribution in [0.4, 0.5) is 0 Å². The molecule has 0 aliphatic carbocycles. The van der Waals surface area contributed by atoms with Gasteiger partial charge in [0.05, 0.1) is 7.11 Å². The first kappa shape index (κ1) is 11.0. The zero-order chi connectivity index (χ0) is 11.5. The fourth-order valence-corrected chi connectivity index (χ4v) is 2.15. The molecule has 0 saturated heterocycles. The molecule has 0 unspecified atom stereocenters. The van der Waals surface area contributed by atoms with Crippen LogP contribution in [0.5, 0.6) is 5.75 Å². The molecular formula is C13H17NO2. The Kier molecular flexibility index (Phi) is 3.13. The first-order valence-electron chi connectivity index (χ1n) is 5.72. The fourth-order valence-electron chi connectivity index (χ4n) is 2.15. The highest BCUT2D eigenvalue weighted by Gasteiger charge is 2.21. The number of carbonyl (C=O) groups excluding carboxylic acids is 1. The van der Waals surface area contributed by atoms with Gasteiger partial charge < -0.3 is 9.64 Å². The predicted molar refractivity (Wildman–Crippen MR) is 62.9 cm³/mol. The lowest BCUT2D eigenvalue weighted by atomic mass is 10.0. The molecule has 0 spiro atoms. The van der Waals surface area contributed by atoms with Crippen LogP contribution in [-0.4, -0.2) is 31.0 Å². The van der Waals surface area contributed by atoms with E-state index in [1.54, 1.807) is 7.11 Å². The number of aryl methyl sites for hydroxylation is 1. The Morgan fingerprint density at radius 1 is 1.44 bits per heavy atom. The van der Waals surface area contributed by atoms with Crippen molar-refractivity contribution in [2.45, 2.75) is 19.8 Å². The molecule has 3 heteroatoms. The van der Waals surface area contributed by atoms with Gasteiger partial charge in [0.2, 0.25) is 0 Å². The van der Waals surface area contributed by atoms with Crippen LogP contribution in [0, 0.1) is 0 Å². The smallest absolute Gasteiger partial charge is 0.254 e. The average Bonchev–Trinajstić information content (AvgIpc) is 2.48. The van der Waals surface area contributed by atoms with E-state index < -0.39 is 0 Å². The van der Waals surface area contributed by atoms with Crippen LogP contribution in [0.2, 0.25) is 0 Å². The quantitative estimate of drug-likeness (QED) is 0.762. The van der Waals surface area contributed by atoms with Crippen molar-refractivity contribution in [3.05, 3.63) is 29.3 Å². The third-order valence-electron chi connectivity index (χ3n) is 3.09. The van der Waals surface area contributed by atoms with Gasteiger partial charge >= 0.3 is 0 Å². The van der Waals surface area contributed by atoms with Crippen molar-refractivity contribution in [1.29, 1.82) is 0 Å². The summed E-state index contributed by atoms with van der Waals surface area (Å²) >= 11 is 0. The molecule has 86 valence electrons. The number of ether oxygens (including phenoxy) is 1.